The molecule has 4 rings (SSSR count). The third-order valence-electron chi connectivity index (χ3n) is 5.66. The molecule has 0 unspecified atom stereocenters. The molecular weight excluding hydrogens is 476 g/mol. The first-order chi connectivity index (χ1) is 17.3. The molecule has 0 amide bonds. The zero-order valence-electron chi connectivity index (χ0n) is 21.2. The van der Waals surface area contributed by atoms with Gasteiger partial charge in [0.2, 0.25) is 0 Å². The maximum Gasteiger partial charge on any atom is 0.344 e. The van der Waals surface area contributed by atoms with Crippen LogP contribution in [0.25, 0.3) is 0 Å². The molecule has 36 heavy (non-hydrogen) atoms. The molecule has 0 bridgehead atoms. The molecule has 0 aliphatic heterocycles. The molecule has 0 saturated carbocycles. The van der Waals surface area contributed by atoms with Crippen LogP contribution in [0.2, 0.25) is 0 Å². The van der Waals surface area contributed by atoms with E-state index in [1.54, 1.807) is 26.4 Å². The topological polar surface area (TPSA) is 83.9 Å². The number of methoxy groups -OCH3 is 2. The van der Waals surface area contributed by atoms with E-state index in [9.17, 15) is 4.55 Å². The number of benzene rings is 2. The second-order valence-corrected chi connectivity index (χ2v) is 9.67. The van der Waals surface area contributed by atoms with Crippen molar-refractivity contribution < 1.29 is 23.2 Å². The van der Waals surface area contributed by atoms with Gasteiger partial charge in [-0.1, -0.05) is 12.1 Å². The van der Waals surface area contributed by atoms with Gasteiger partial charge in [0.1, 0.15) is 24.8 Å². The Morgan fingerprint density at radius 2 is 1.19 bits per heavy atom. The fourth-order valence-electron chi connectivity index (χ4n) is 3.86. The van der Waals surface area contributed by atoms with Crippen molar-refractivity contribution in [2.75, 3.05) is 14.2 Å². The second-order valence-electron chi connectivity index (χ2n) is 8.19. The Bertz CT molecular complexity index is 1290. The van der Waals surface area contributed by atoms with Crippen molar-refractivity contribution >= 4 is 34.3 Å². The Kier molecular flexibility index (Phi) is 7.56. The molecule has 0 N–H and O–H groups in total. The van der Waals surface area contributed by atoms with Crippen LogP contribution in [-0.4, -0.2) is 39.7 Å². The van der Waals surface area contributed by atoms with Crippen molar-refractivity contribution in [2.24, 2.45) is 38.2 Å². The van der Waals surface area contributed by atoms with Gasteiger partial charge in [0.25, 0.3) is 0 Å². The van der Waals surface area contributed by atoms with Gasteiger partial charge in [0, 0.05) is 23.3 Å². The van der Waals surface area contributed by atoms with Gasteiger partial charge >= 0.3 is 23.4 Å². The first-order valence-electron chi connectivity index (χ1n) is 11.2. The molecular formula is C26H30N6O3S+2. The van der Waals surface area contributed by atoms with Crippen LogP contribution in [0.3, 0.4) is 0 Å². The van der Waals surface area contributed by atoms with Gasteiger partial charge in [-0.15, -0.1) is 0 Å². The van der Waals surface area contributed by atoms with Gasteiger partial charge in [0.05, 0.1) is 53.8 Å². The van der Waals surface area contributed by atoms with Gasteiger partial charge < -0.3 is 14.0 Å². The molecule has 2 aromatic heterocycles. The highest BCUT2D eigenvalue weighted by Crippen LogP contribution is 2.27. The lowest BCUT2D eigenvalue weighted by Gasteiger charge is -2.11. The molecule has 0 saturated heterocycles. The Morgan fingerprint density at radius 1 is 0.778 bits per heavy atom. The van der Waals surface area contributed by atoms with Crippen LogP contribution in [0.4, 0.5) is 11.4 Å². The minimum Gasteiger partial charge on any atom is -0.606 e. The zero-order chi connectivity index (χ0) is 25.8. The lowest BCUT2D eigenvalue weighted by Crippen LogP contribution is -2.35. The summed E-state index contributed by atoms with van der Waals surface area (Å²) in [6, 6.07) is 14.6. The fourth-order valence-corrected chi connectivity index (χ4v) is 5.00. The molecule has 186 valence electrons. The minimum absolute atomic E-state index is 0.463. The highest BCUT2D eigenvalue weighted by molar-refractivity contribution is 7.91. The normalized spacial score (nSPS) is 12.3. The summed E-state index contributed by atoms with van der Waals surface area (Å²) in [5.41, 5.74) is 1.29. The Balaban J connectivity index is 1.65. The summed E-state index contributed by atoms with van der Waals surface area (Å²) in [4.78, 5) is 10.6. The average molecular weight is 507 g/mol. The maximum atomic E-state index is 13.5. The maximum absolute atomic E-state index is 13.5. The van der Waals surface area contributed by atoms with Gasteiger partial charge in [-0.05, 0) is 24.3 Å². The van der Waals surface area contributed by atoms with Gasteiger partial charge in [-0.2, -0.15) is 0 Å². The lowest BCUT2D eigenvalue weighted by molar-refractivity contribution is -0.672. The van der Waals surface area contributed by atoms with E-state index in [1.165, 1.54) is 0 Å². The number of aliphatic imine (C=N–C) groups is 2. The van der Waals surface area contributed by atoms with E-state index < -0.39 is 11.2 Å². The van der Waals surface area contributed by atoms with E-state index in [1.807, 2.05) is 108 Å². The van der Waals surface area contributed by atoms with Crippen LogP contribution in [0.1, 0.15) is 11.6 Å². The highest BCUT2D eigenvalue weighted by atomic mass is 32.2. The Hall–Kier alpha value is -3.89. The van der Waals surface area contributed by atoms with Gasteiger partial charge in [-0.25, -0.2) is 28.3 Å². The summed E-state index contributed by atoms with van der Waals surface area (Å²) in [6.07, 6.45) is 7.71. The highest BCUT2D eigenvalue weighted by Gasteiger charge is 2.23. The molecule has 2 heterocycles. The van der Waals surface area contributed by atoms with Gasteiger partial charge in [-0.3, -0.25) is 0 Å². The van der Waals surface area contributed by atoms with Crippen molar-refractivity contribution in [1.82, 2.24) is 9.13 Å². The quantitative estimate of drug-likeness (QED) is 0.174. The van der Waals surface area contributed by atoms with Crippen molar-refractivity contribution in [3.05, 3.63) is 85.0 Å². The van der Waals surface area contributed by atoms with Gasteiger partial charge in [0.15, 0.2) is 9.79 Å². The number of aryl methyl sites for hydroxylation is 4. The van der Waals surface area contributed by atoms with E-state index in [0.29, 0.717) is 33.0 Å². The van der Waals surface area contributed by atoms with Crippen LogP contribution in [0.5, 0.6) is 0 Å². The Labute approximate surface area is 213 Å². The molecule has 2 aromatic carbocycles. The molecule has 0 radical (unpaired) electrons. The molecule has 0 spiro atoms. The van der Waals surface area contributed by atoms with Crippen LogP contribution in [0, 0.1) is 0 Å². The molecule has 0 atom stereocenters. The van der Waals surface area contributed by atoms with Crippen LogP contribution >= 0.6 is 0 Å². The summed E-state index contributed by atoms with van der Waals surface area (Å²) < 4.78 is 32.3. The van der Waals surface area contributed by atoms with Crippen molar-refractivity contribution in [1.29, 1.82) is 0 Å². The zero-order valence-corrected chi connectivity index (χ0v) is 22.1. The Morgan fingerprint density at radius 3 is 1.53 bits per heavy atom. The van der Waals surface area contributed by atoms with Crippen LogP contribution < -0.4 is 9.13 Å². The minimum atomic E-state index is -1.43. The lowest BCUT2D eigenvalue weighted by atomic mass is 10.3. The molecule has 0 fully saturated rings. The number of aromatic nitrogens is 4. The summed E-state index contributed by atoms with van der Waals surface area (Å²) in [5, 5.41) is 0. The number of nitrogens with zero attached hydrogens (tertiary/aromatic N) is 6. The number of imidazole rings is 2. The van der Waals surface area contributed by atoms with E-state index in [4.69, 9.17) is 9.47 Å². The average Bonchev–Trinajstić information content (AvgIpc) is 3.40. The molecule has 0 aliphatic rings. The largest absolute Gasteiger partial charge is 0.606 e. The fraction of sp³-hybridized carbons (Fsp3) is 0.231. The van der Waals surface area contributed by atoms with Crippen molar-refractivity contribution in [2.45, 2.75) is 9.79 Å². The predicted octanol–water partition coefficient (Wildman–Crippen LogP) is 2.63. The molecule has 9 nitrogen and oxygen atoms in total. The summed E-state index contributed by atoms with van der Waals surface area (Å²) in [7, 11) is 10.9. The molecule has 10 heteroatoms. The third-order valence-corrected chi connectivity index (χ3v) is 7.02. The number of hydrogen-bond donors (Lipinski definition) is 0. The van der Waals surface area contributed by atoms with E-state index in [-0.39, 0.29) is 0 Å². The molecule has 0 aliphatic carbocycles. The van der Waals surface area contributed by atoms with Crippen LogP contribution in [-0.2, 0) is 48.8 Å². The summed E-state index contributed by atoms with van der Waals surface area (Å²) >= 11 is -1.43. The predicted molar refractivity (Wildman–Crippen MR) is 137 cm³/mol. The van der Waals surface area contributed by atoms with Crippen LogP contribution in [0.15, 0.2) is 93.1 Å². The smallest absolute Gasteiger partial charge is 0.344 e. The van der Waals surface area contributed by atoms with E-state index in [2.05, 4.69) is 9.98 Å². The second kappa shape index (κ2) is 10.8. The number of ether oxygens (including phenoxy) is 2. The van der Waals surface area contributed by atoms with E-state index >= 15 is 0 Å². The standard InChI is InChI=1S/C26H30N6O3S/c1-29-13-14-30(2)25(29)23(34-5)27-19-9-7-11-21(17-19)36(33)22-12-8-10-20(18-22)28-24(35-6)26-31(3)15-16-32(26)4/h7-18H,1-6H3/q+2/b27-23-,28-24-. The first kappa shape index (κ1) is 25.2. The van der Waals surface area contributed by atoms with Crippen molar-refractivity contribution in [3.63, 3.8) is 0 Å². The molecule has 4 aromatic rings. The monoisotopic (exact) mass is 506 g/mol. The SMILES string of the molecule is CO/C(=N\c1cccc([S+]([O-])c2cccc(/N=C(\OC)c3n(C)cc[n+]3C)c2)c1)c1n(C)cc[n+]1C. The number of hydrogen-bond acceptors (Lipinski definition) is 5. The summed E-state index contributed by atoms with van der Waals surface area (Å²) in [5.74, 6) is 2.56. The first-order valence-corrected chi connectivity index (χ1v) is 12.4. The van der Waals surface area contributed by atoms with E-state index in [0.717, 1.165) is 11.6 Å². The van der Waals surface area contributed by atoms with Crippen molar-refractivity contribution in [3.8, 4) is 0 Å². The summed E-state index contributed by atoms with van der Waals surface area (Å²) in [6.45, 7) is 0. The third kappa shape index (κ3) is 5.19. The number of rotatable bonds is 6.